The number of nitrogens with one attached hydrogen (secondary N) is 4. The van der Waals surface area contributed by atoms with E-state index in [9.17, 15) is 43.8 Å². The fourth-order valence-electron chi connectivity index (χ4n) is 3.71. The van der Waals surface area contributed by atoms with Crippen molar-refractivity contribution in [3.63, 3.8) is 0 Å². The number of aliphatic carboxylic acids is 1. The molecular weight excluding hydrogens is 570 g/mol. The molecule has 0 aliphatic rings. The number of carboxylic acids is 1. The molecule has 0 saturated carbocycles. The lowest BCUT2D eigenvalue weighted by atomic mass is 10.0. The van der Waals surface area contributed by atoms with Crippen molar-refractivity contribution in [1.82, 2.24) is 21.3 Å². The van der Waals surface area contributed by atoms with Crippen molar-refractivity contribution < 1.29 is 48.9 Å². The summed E-state index contributed by atoms with van der Waals surface area (Å²) in [5.74, 6) is -6.99. The molecular formula is C26H39N7O10. The van der Waals surface area contributed by atoms with Gasteiger partial charge in [-0.3, -0.25) is 28.8 Å². The molecule has 238 valence electrons. The highest BCUT2D eigenvalue weighted by molar-refractivity contribution is 5.96. The molecule has 0 heterocycles. The maximum atomic E-state index is 13.4. The number of rotatable bonds is 19. The summed E-state index contributed by atoms with van der Waals surface area (Å²) in [6.07, 6.45) is -3.01. The van der Waals surface area contributed by atoms with Gasteiger partial charge in [0.1, 0.15) is 30.2 Å². The summed E-state index contributed by atoms with van der Waals surface area (Å²) in [5, 5.41) is 37.8. The van der Waals surface area contributed by atoms with Crippen molar-refractivity contribution in [2.45, 2.75) is 75.3 Å². The normalized spacial score (nSPS) is 15.0. The van der Waals surface area contributed by atoms with E-state index >= 15 is 0 Å². The van der Waals surface area contributed by atoms with E-state index in [1.165, 1.54) is 6.92 Å². The average molecular weight is 610 g/mol. The van der Waals surface area contributed by atoms with Crippen LogP contribution >= 0.6 is 0 Å². The van der Waals surface area contributed by atoms with Crippen molar-refractivity contribution in [1.29, 1.82) is 0 Å². The Balaban J connectivity index is 3.26. The van der Waals surface area contributed by atoms with Crippen molar-refractivity contribution in [2.75, 3.05) is 6.61 Å². The average Bonchev–Trinajstić information content (AvgIpc) is 2.94. The van der Waals surface area contributed by atoms with Gasteiger partial charge in [0.15, 0.2) is 0 Å². The molecule has 0 bridgehead atoms. The molecule has 6 amide bonds. The van der Waals surface area contributed by atoms with Crippen LogP contribution in [0.3, 0.4) is 0 Å². The van der Waals surface area contributed by atoms with Gasteiger partial charge in [-0.1, -0.05) is 30.3 Å². The van der Waals surface area contributed by atoms with E-state index in [4.69, 9.17) is 22.3 Å². The van der Waals surface area contributed by atoms with E-state index in [0.717, 1.165) is 0 Å². The Morgan fingerprint density at radius 1 is 0.744 bits per heavy atom. The summed E-state index contributed by atoms with van der Waals surface area (Å²) < 4.78 is 0. The lowest BCUT2D eigenvalue weighted by molar-refractivity contribution is -0.143. The third-order valence-corrected chi connectivity index (χ3v) is 6.12. The van der Waals surface area contributed by atoms with E-state index in [1.807, 2.05) is 0 Å². The summed E-state index contributed by atoms with van der Waals surface area (Å²) in [7, 11) is 0. The molecule has 0 fully saturated rings. The second-order valence-electron chi connectivity index (χ2n) is 9.74. The number of aliphatic hydroxyl groups excluding tert-OH is 2. The van der Waals surface area contributed by atoms with Crippen molar-refractivity contribution in [2.24, 2.45) is 17.2 Å². The molecule has 0 spiro atoms. The Labute approximate surface area is 246 Å². The first-order valence-electron chi connectivity index (χ1n) is 13.3. The van der Waals surface area contributed by atoms with Gasteiger partial charge in [0.25, 0.3) is 0 Å². The summed E-state index contributed by atoms with van der Waals surface area (Å²) in [6.45, 7) is 0.460. The molecule has 13 N–H and O–H groups in total. The van der Waals surface area contributed by atoms with Crippen LogP contribution in [0.1, 0.15) is 38.2 Å². The number of primary amides is 2. The van der Waals surface area contributed by atoms with Gasteiger partial charge in [-0.2, -0.15) is 0 Å². The number of aliphatic hydroxyl groups is 2. The minimum Gasteiger partial charge on any atom is -0.480 e. The molecule has 0 aromatic heterocycles. The third-order valence-electron chi connectivity index (χ3n) is 6.12. The molecule has 0 radical (unpaired) electrons. The maximum absolute atomic E-state index is 13.4. The van der Waals surface area contributed by atoms with Crippen molar-refractivity contribution in [3.05, 3.63) is 35.9 Å². The van der Waals surface area contributed by atoms with Crippen LogP contribution in [0.4, 0.5) is 0 Å². The molecule has 0 aliphatic heterocycles. The molecule has 6 atom stereocenters. The Bertz CT molecular complexity index is 1150. The van der Waals surface area contributed by atoms with E-state index in [-0.39, 0.29) is 32.1 Å². The Morgan fingerprint density at radius 2 is 1.23 bits per heavy atom. The predicted octanol–water partition coefficient (Wildman–Crippen LogP) is -4.52. The number of hydrogen-bond donors (Lipinski definition) is 10. The molecule has 0 unspecified atom stereocenters. The fraction of sp³-hybridized carbons (Fsp3) is 0.500. The van der Waals surface area contributed by atoms with Crippen LogP contribution in [0.2, 0.25) is 0 Å². The minimum atomic E-state index is -1.59. The van der Waals surface area contributed by atoms with Gasteiger partial charge in [0.2, 0.25) is 35.4 Å². The van der Waals surface area contributed by atoms with Crippen LogP contribution in [0.25, 0.3) is 0 Å². The zero-order valence-corrected chi connectivity index (χ0v) is 23.5. The summed E-state index contributed by atoms with van der Waals surface area (Å²) >= 11 is 0. The van der Waals surface area contributed by atoms with Crippen LogP contribution in [-0.2, 0) is 40.0 Å². The highest BCUT2D eigenvalue weighted by Crippen LogP contribution is 2.08. The number of carbonyl (C=O) groups is 7. The quantitative estimate of drug-likeness (QED) is 0.0712. The van der Waals surface area contributed by atoms with Gasteiger partial charge in [-0.05, 0) is 25.3 Å². The number of amides is 6. The highest BCUT2D eigenvalue weighted by Gasteiger charge is 2.33. The van der Waals surface area contributed by atoms with Gasteiger partial charge >= 0.3 is 5.97 Å². The molecule has 0 aliphatic carbocycles. The highest BCUT2D eigenvalue weighted by atomic mass is 16.4. The monoisotopic (exact) mass is 609 g/mol. The number of carboxylic acid groups (broad SMARTS) is 1. The minimum absolute atomic E-state index is 0.129. The predicted molar refractivity (Wildman–Crippen MR) is 149 cm³/mol. The van der Waals surface area contributed by atoms with E-state index in [1.54, 1.807) is 30.3 Å². The zero-order valence-electron chi connectivity index (χ0n) is 23.5. The van der Waals surface area contributed by atoms with E-state index in [0.29, 0.717) is 5.56 Å². The molecule has 17 nitrogen and oxygen atoms in total. The topological polar surface area (TPSA) is 306 Å². The van der Waals surface area contributed by atoms with Crippen molar-refractivity contribution in [3.8, 4) is 0 Å². The van der Waals surface area contributed by atoms with Gasteiger partial charge in [-0.15, -0.1) is 0 Å². The first-order chi connectivity index (χ1) is 20.2. The van der Waals surface area contributed by atoms with Gasteiger partial charge < -0.3 is 53.8 Å². The zero-order chi connectivity index (χ0) is 32.7. The Hall–Kier alpha value is -4.61. The Kier molecular flexibility index (Phi) is 15.3. The molecule has 1 rings (SSSR count). The molecule has 43 heavy (non-hydrogen) atoms. The maximum Gasteiger partial charge on any atom is 0.326 e. The number of nitrogens with two attached hydrogens (primary N) is 3. The largest absolute Gasteiger partial charge is 0.480 e. The fourth-order valence-corrected chi connectivity index (χ4v) is 3.71. The number of carbonyl (C=O) groups excluding carboxylic acids is 6. The van der Waals surface area contributed by atoms with E-state index < -0.39 is 84.3 Å². The second kappa shape index (κ2) is 18.0. The standard InChI is InChI=1S/C26H39N7O10/c1-13(35)21(33-22(38)15(27)12-34)25(41)32-18(11-14-5-3-2-4-6-14)24(40)30-16(7-9-19(28)36)23(39)31-17(26(42)43)8-10-20(29)37/h2-6,13,15-18,21,34-35H,7-12,27H2,1H3,(H2,28,36)(H2,29,37)(H,30,40)(H,31,39)(H,32,41)(H,33,38)(H,42,43)/t13-,15+,16+,17+,18+,21+/m1/s1. The molecule has 1 aromatic rings. The van der Waals surface area contributed by atoms with Crippen LogP contribution < -0.4 is 38.5 Å². The Morgan fingerprint density at radius 3 is 1.72 bits per heavy atom. The first kappa shape index (κ1) is 36.4. The number of benzene rings is 1. The lowest BCUT2D eigenvalue weighted by Crippen LogP contribution is -2.61. The summed E-state index contributed by atoms with van der Waals surface area (Å²) in [6, 6.07) is 0.906. The number of hydrogen-bond acceptors (Lipinski definition) is 10. The summed E-state index contributed by atoms with van der Waals surface area (Å²) in [5.41, 5.74) is 16.3. The SMILES string of the molecule is C[C@@H](O)[C@H](NC(=O)[C@@H](N)CO)C(=O)N[C@@H](Cc1ccccc1)C(=O)N[C@@H](CCC(N)=O)C(=O)N[C@@H](CCC(N)=O)C(=O)O. The molecule has 17 heteroatoms. The molecule has 1 aromatic carbocycles. The van der Waals surface area contributed by atoms with Crippen LogP contribution in [-0.4, -0.2) is 99.7 Å². The van der Waals surface area contributed by atoms with E-state index in [2.05, 4.69) is 21.3 Å². The summed E-state index contributed by atoms with van der Waals surface area (Å²) in [4.78, 5) is 85.8. The molecule has 0 saturated heterocycles. The van der Waals surface area contributed by atoms with Crippen molar-refractivity contribution >= 4 is 41.4 Å². The van der Waals surface area contributed by atoms with Crippen LogP contribution in [0.15, 0.2) is 30.3 Å². The smallest absolute Gasteiger partial charge is 0.326 e. The van der Waals surface area contributed by atoms with Gasteiger partial charge in [0, 0.05) is 19.3 Å². The van der Waals surface area contributed by atoms with Crippen LogP contribution in [0.5, 0.6) is 0 Å². The lowest BCUT2D eigenvalue weighted by Gasteiger charge is -2.27. The van der Waals surface area contributed by atoms with Gasteiger partial charge in [-0.25, -0.2) is 4.79 Å². The third kappa shape index (κ3) is 13.3. The van der Waals surface area contributed by atoms with Gasteiger partial charge in [0.05, 0.1) is 12.7 Å². The van der Waals surface area contributed by atoms with Crippen LogP contribution in [0, 0.1) is 0 Å². The first-order valence-corrected chi connectivity index (χ1v) is 13.3. The second-order valence-corrected chi connectivity index (χ2v) is 9.74.